The molecule has 0 saturated carbocycles. The molecule has 0 fully saturated rings. The Hall–Kier alpha value is -1.46. The Labute approximate surface area is 133 Å². The molecule has 0 aliphatic heterocycles. The van der Waals surface area contributed by atoms with Crippen LogP contribution in [0, 0.1) is 6.92 Å². The largest absolute Gasteiger partial charge is 0.338 e. The van der Waals surface area contributed by atoms with Gasteiger partial charge < -0.3 is 4.90 Å². The van der Waals surface area contributed by atoms with Crippen LogP contribution in [0.25, 0.3) is 0 Å². The predicted molar refractivity (Wildman–Crippen MR) is 88.1 cm³/mol. The summed E-state index contributed by atoms with van der Waals surface area (Å²) < 4.78 is 0. The molecule has 0 spiro atoms. The van der Waals surface area contributed by atoms with Gasteiger partial charge in [-0.25, -0.2) is 0 Å². The van der Waals surface area contributed by atoms with Gasteiger partial charge in [0.15, 0.2) is 5.78 Å². The van der Waals surface area contributed by atoms with Crippen LogP contribution in [-0.2, 0) is 4.79 Å². The van der Waals surface area contributed by atoms with E-state index >= 15 is 0 Å². The first kappa shape index (κ1) is 15.9. The van der Waals surface area contributed by atoms with Crippen LogP contribution in [0.1, 0.15) is 45.2 Å². The minimum atomic E-state index is 0.0116. The molecule has 2 aromatic heterocycles. The molecule has 21 heavy (non-hydrogen) atoms. The van der Waals surface area contributed by atoms with Gasteiger partial charge in [0.25, 0.3) is 0 Å². The van der Waals surface area contributed by atoms with Crippen molar-refractivity contribution in [2.24, 2.45) is 0 Å². The van der Waals surface area contributed by atoms with Crippen LogP contribution in [0.3, 0.4) is 0 Å². The summed E-state index contributed by atoms with van der Waals surface area (Å²) in [4.78, 5) is 29.0. The Kier molecular flexibility index (Phi) is 5.31. The Morgan fingerprint density at radius 1 is 1.24 bits per heavy atom. The zero-order chi connectivity index (χ0) is 15.4. The molecule has 0 radical (unpaired) electrons. The summed E-state index contributed by atoms with van der Waals surface area (Å²) in [5.41, 5.74) is 0. The van der Waals surface area contributed by atoms with Crippen molar-refractivity contribution < 1.29 is 9.59 Å². The number of ketones is 1. The maximum absolute atomic E-state index is 12.2. The third-order valence-electron chi connectivity index (χ3n) is 3.51. The van der Waals surface area contributed by atoms with Crippen LogP contribution in [0.4, 0.5) is 0 Å². The van der Waals surface area contributed by atoms with E-state index in [1.807, 2.05) is 43.5 Å². The summed E-state index contributed by atoms with van der Waals surface area (Å²) in [6, 6.07) is 7.84. The lowest BCUT2D eigenvalue weighted by molar-refractivity contribution is -0.131. The molecule has 0 aromatic carbocycles. The van der Waals surface area contributed by atoms with Crippen molar-refractivity contribution >= 4 is 34.4 Å². The van der Waals surface area contributed by atoms with Crippen LogP contribution >= 0.6 is 22.7 Å². The second-order valence-electron chi connectivity index (χ2n) is 5.03. The molecular formula is C16H19NO2S2. The van der Waals surface area contributed by atoms with Gasteiger partial charge in [0.05, 0.1) is 10.9 Å². The van der Waals surface area contributed by atoms with E-state index in [4.69, 9.17) is 0 Å². The zero-order valence-electron chi connectivity index (χ0n) is 12.5. The lowest BCUT2D eigenvalue weighted by atomic mass is 10.1. The van der Waals surface area contributed by atoms with Gasteiger partial charge in [0.2, 0.25) is 5.91 Å². The molecule has 3 nitrogen and oxygen atoms in total. The molecule has 0 bridgehead atoms. The number of carbonyl (C=O) groups excluding carboxylic acids is 2. The van der Waals surface area contributed by atoms with Crippen molar-refractivity contribution in [2.75, 3.05) is 7.05 Å². The number of thiophene rings is 2. The molecule has 0 saturated heterocycles. The van der Waals surface area contributed by atoms with E-state index in [1.165, 1.54) is 11.3 Å². The maximum atomic E-state index is 12.2. The smallest absolute Gasteiger partial charge is 0.223 e. The molecule has 5 heteroatoms. The van der Waals surface area contributed by atoms with Gasteiger partial charge in [0, 0.05) is 29.6 Å². The summed E-state index contributed by atoms with van der Waals surface area (Å²) in [6.45, 7) is 3.98. The Morgan fingerprint density at radius 2 is 2.00 bits per heavy atom. The number of Topliss-reactive ketones (excluding diaryl/α,β-unsaturated/α-hetero) is 1. The monoisotopic (exact) mass is 321 g/mol. The Morgan fingerprint density at radius 3 is 2.57 bits per heavy atom. The number of amides is 1. The standard InChI is InChI=1S/C16H19NO2S2/c1-11-6-8-15(21-11)13(18)7-9-16(19)17(3)12(2)14-5-4-10-20-14/h4-6,8,10,12H,7,9H2,1-3H3. The normalized spacial score (nSPS) is 12.1. The first-order valence-electron chi connectivity index (χ1n) is 6.87. The van der Waals surface area contributed by atoms with E-state index in [-0.39, 0.29) is 30.6 Å². The fourth-order valence-electron chi connectivity index (χ4n) is 2.04. The first-order valence-corrected chi connectivity index (χ1v) is 8.57. The Bertz CT molecular complexity index is 616. The van der Waals surface area contributed by atoms with E-state index in [9.17, 15) is 9.59 Å². The van der Waals surface area contributed by atoms with Crippen molar-refractivity contribution in [2.45, 2.75) is 32.7 Å². The number of hydrogen-bond donors (Lipinski definition) is 0. The van der Waals surface area contributed by atoms with Crippen LogP contribution in [0.5, 0.6) is 0 Å². The highest BCUT2D eigenvalue weighted by atomic mass is 32.1. The molecule has 112 valence electrons. The average Bonchev–Trinajstić information content (AvgIpc) is 3.13. The third kappa shape index (κ3) is 4.02. The summed E-state index contributed by atoms with van der Waals surface area (Å²) in [7, 11) is 1.80. The number of hydrogen-bond acceptors (Lipinski definition) is 4. The van der Waals surface area contributed by atoms with Crippen molar-refractivity contribution in [1.29, 1.82) is 0 Å². The predicted octanol–water partition coefficient (Wildman–Crippen LogP) is 4.30. The van der Waals surface area contributed by atoms with Gasteiger partial charge >= 0.3 is 0 Å². The van der Waals surface area contributed by atoms with E-state index in [1.54, 1.807) is 23.3 Å². The first-order chi connectivity index (χ1) is 9.99. The van der Waals surface area contributed by atoms with Gasteiger partial charge in [-0.15, -0.1) is 22.7 Å². The van der Waals surface area contributed by atoms with Gasteiger partial charge in [-0.1, -0.05) is 6.07 Å². The summed E-state index contributed by atoms with van der Waals surface area (Å²) in [6.07, 6.45) is 0.544. The number of nitrogens with zero attached hydrogens (tertiary/aromatic N) is 1. The topological polar surface area (TPSA) is 37.4 Å². The summed E-state index contributed by atoms with van der Waals surface area (Å²) >= 11 is 3.13. The zero-order valence-corrected chi connectivity index (χ0v) is 14.1. The van der Waals surface area contributed by atoms with Gasteiger partial charge in [-0.3, -0.25) is 9.59 Å². The Balaban J connectivity index is 1.88. The molecule has 0 aliphatic rings. The van der Waals surface area contributed by atoms with Crippen molar-refractivity contribution in [3.8, 4) is 0 Å². The van der Waals surface area contributed by atoms with E-state index < -0.39 is 0 Å². The molecule has 0 aliphatic carbocycles. The fraction of sp³-hybridized carbons (Fsp3) is 0.375. The minimum absolute atomic E-state index is 0.0116. The molecular weight excluding hydrogens is 302 g/mol. The second-order valence-corrected chi connectivity index (χ2v) is 7.30. The average molecular weight is 321 g/mol. The lowest BCUT2D eigenvalue weighted by Gasteiger charge is -2.24. The van der Waals surface area contributed by atoms with Crippen LogP contribution in [-0.4, -0.2) is 23.6 Å². The van der Waals surface area contributed by atoms with E-state index in [2.05, 4.69) is 0 Å². The van der Waals surface area contributed by atoms with Crippen molar-refractivity contribution in [3.63, 3.8) is 0 Å². The highest BCUT2D eigenvalue weighted by molar-refractivity contribution is 7.14. The minimum Gasteiger partial charge on any atom is -0.338 e. The van der Waals surface area contributed by atoms with E-state index in [0.717, 1.165) is 14.6 Å². The van der Waals surface area contributed by atoms with Gasteiger partial charge in [0.1, 0.15) is 0 Å². The fourth-order valence-corrected chi connectivity index (χ4v) is 3.70. The molecule has 1 amide bonds. The van der Waals surface area contributed by atoms with E-state index in [0.29, 0.717) is 0 Å². The number of aryl methyl sites for hydroxylation is 1. The number of carbonyl (C=O) groups is 2. The van der Waals surface area contributed by atoms with Crippen LogP contribution in [0.15, 0.2) is 29.6 Å². The van der Waals surface area contributed by atoms with Gasteiger partial charge in [-0.05, 0) is 37.4 Å². The lowest BCUT2D eigenvalue weighted by Crippen LogP contribution is -2.29. The molecule has 1 atom stereocenters. The summed E-state index contributed by atoms with van der Waals surface area (Å²) in [5, 5.41) is 2.01. The second kappa shape index (κ2) is 7.00. The third-order valence-corrected chi connectivity index (χ3v) is 5.59. The maximum Gasteiger partial charge on any atom is 0.223 e. The molecule has 2 heterocycles. The number of rotatable bonds is 6. The van der Waals surface area contributed by atoms with Crippen LogP contribution < -0.4 is 0 Å². The van der Waals surface area contributed by atoms with Crippen LogP contribution in [0.2, 0.25) is 0 Å². The molecule has 1 unspecified atom stereocenters. The molecule has 0 N–H and O–H groups in total. The molecule has 2 rings (SSSR count). The quantitative estimate of drug-likeness (QED) is 0.744. The van der Waals surface area contributed by atoms with Gasteiger partial charge in [-0.2, -0.15) is 0 Å². The molecule has 2 aromatic rings. The van der Waals surface area contributed by atoms with Crippen molar-refractivity contribution in [3.05, 3.63) is 44.3 Å². The SMILES string of the molecule is Cc1ccc(C(=O)CCC(=O)N(C)C(C)c2cccs2)s1. The highest BCUT2D eigenvalue weighted by Gasteiger charge is 2.19. The summed E-state index contributed by atoms with van der Waals surface area (Å²) in [5.74, 6) is 0.0659. The highest BCUT2D eigenvalue weighted by Crippen LogP contribution is 2.24. The van der Waals surface area contributed by atoms with Crippen molar-refractivity contribution in [1.82, 2.24) is 4.90 Å².